The second-order valence-corrected chi connectivity index (χ2v) is 8.92. The van der Waals surface area contributed by atoms with Crippen LogP contribution in [0.25, 0.3) is 0 Å². The first kappa shape index (κ1) is 27.0. The van der Waals surface area contributed by atoms with Crippen LogP contribution in [0.5, 0.6) is 11.5 Å². The summed E-state index contributed by atoms with van der Waals surface area (Å²) in [4.78, 5) is 31.7. The highest BCUT2D eigenvalue weighted by Crippen LogP contribution is 2.37. The van der Waals surface area contributed by atoms with Gasteiger partial charge in [-0.2, -0.15) is 5.10 Å². The summed E-state index contributed by atoms with van der Waals surface area (Å²) in [6.07, 6.45) is 1.46. The highest BCUT2D eigenvalue weighted by Gasteiger charge is 2.13. The van der Waals surface area contributed by atoms with Crippen LogP contribution >= 0.6 is 23.4 Å². The van der Waals surface area contributed by atoms with E-state index in [1.165, 1.54) is 30.1 Å². The average Bonchev–Trinajstić information content (AvgIpc) is 2.82. The average molecular weight is 529 g/mol. The number of halogens is 1. The molecule has 188 valence electrons. The van der Waals surface area contributed by atoms with Crippen molar-refractivity contribution in [3.8, 4) is 11.5 Å². The van der Waals surface area contributed by atoms with Gasteiger partial charge in [-0.15, -0.1) is 0 Å². The highest BCUT2D eigenvalue weighted by atomic mass is 35.5. The zero-order chi connectivity index (χ0) is 26.1. The molecular weight excluding hydrogens is 504 g/mol. The van der Waals surface area contributed by atoms with Gasteiger partial charge in [0.15, 0.2) is 16.7 Å². The van der Waals surface area contributed by atoms with E-state index in [0.717, 1.165) is 17.0 Å². The minimum absolute atomic E-state index is 0.116. The van der Waals surface area contributed by atoms with Gasteiger partial charge < -0.3 is 14.6 Å². The lowest BCUT2D eigenvalue weighted by molar-refractivity contribution is -0.118. The number of nitrogens with one attached hydrogen (secondary N) is 1. The molecule has 11 heteroatoms. The topological polar surface area (TPSA) is 123 Å². The number of aromatic carboxylic acids is 1. The summed E-state index contributed by atoms with van der Waals surface area (Å²) in [5.41, 5.74) is 5.73. The summed E-state index contributed by atoms with van der Waals surface area (Å²) in [5.74, 6) is -0.407. The first-order valence-electron chi connectivity index (χ1n) is 10.9. The van der Waals surface area contributed by atoms with Gasteiger partial charge in [-0.1, -0.05) is 35.5 Å². The number of hydrogen-bond donors (Lipinski definition) is 2. The third-order valence-corrected chi connectivity index (χ3v) is 5.74. The summed E-state index contributed by atoms with van der Waals surface area (Å²) < 4.78 is 11.5. The minimum Gasteiger partial charge on any atom is -0.490 e. The number of carbonyl (C=O) groups is 2. The normalized spacial score (nSPS) is 10.9. The fourth-order valence-electron chi connectivity index (χ4n) is 3.06. The molecule has 9 nitrogen and oxygen atoms in total. The number of carbonyl (C=O) groups excluding carboxylic acids is 1. The third kappa shape index (κ3) is 7.96. The second kappa shape index (κ2) is 12.9. The number of nitrogens with zero attached hydrogens (tertiary/aromatic N) is 3. The largest absolute Gasteiger partial charge is 0.490 e. The van der Waals surface area contributed by atoms with Crippen LogP contribution in [0.15, 0.2) is 52.7 Å². The van der Waals surface area contributed by atoms with E-state index in [2.05, 4.69) is 20.5 Å². The Hall–Kier alpha value is -3.63. The maximum absolute atomic E-state index is 12.1. The smallest absolute Gasteiger partial charge is 0.335 e. The SMILES string of the molecule is CCOc1cc(/C=N\NC(=O)CSc2nc(C)cc(C)n2)cc(Cl)c1OCc1ccc(C(=O)O)cc1. The molecule has 0 radical (unpaired) electrons. The summed E-state index contributed by atoms with van der Waals surface area (Å²) in [7, 11) is 0. The number of hydrogen-bond acceptors (Lipinski definition) is 8. The molecule has 0 aliphatic heterocycles. The minimum atomic E-state index is -0.994. The maximum atomic E-state index is 12.1. The molecule has 0 saturated heterocycles. The Morgan fingerprint density at radius 2 is 1.81 bits per heavy atom. The Kier molecular flexibility index (Phi) is 9.66. The van der Waals surface area contributed by atoms with Crippen LogP contribution in [0.3, 0.4) is 0 Å². The maximum Gasteiger partial charge on any atom is 0.335 e. The molecule has 3 rings (SSSR count). The van der Waals surface area contributed by atoms with Crippen molar-refractivity contribution in [3.63, 3.8) is 0 Å². The number of aryl methyl sites for hydroxylation is 2. The van der Waals surface area contributed by atoms with Crippen LogP contribution in [0.4, 0.5) is 0 Å². The predicted octanol–water partition coefficient (Wildman–Crippen LogP) is 4.67. The van der Waals surface area contributed by atoms with Gasteiger partial charge >= 0.3 is 5.97 Å². The number of ether oxygens (including phenoxy) is 2. The highest BCUT2D eigenvalue weighted by molar-refractivity contribution is 7.99. The molecular formula is C25H25ClN4O5S. The van der Waals surface area contributed by atoms with Crippen molar-refractivity contribution in [2.75, 3.05) is 12.4 Å². The Morgan fingerprint density at radius 3 is 2.44 bits per heavy atom. The van der Waals surface area contributed by atoms with Gasteiger partial charge in [0.1, 0.15) is 6.61 Å². The number of hydrazone groups is 1. The van der Waals surface area contributed by atoms with Crippen LogP contribution in [0, 0.1) is 13.8 Å². The van der Waals surface area contributed by atoms with Crippen molar-refractivity contribution < 1.29 is 24.2 Å². The van der Waals surface area contributed by atoms with Crippen molar-refractivity contribution in [2.45, 2.75) is 32.5 Å². The molecule has 3 aromatic rings. The molecule has 0 saturated carbocycles. The first-order valence-corrected chi connectivity index (χ1v) is 12.3. The number of benzene rings is 2. The van der Waals surface area contributed by atoms with Crippen molar-refractivity contribution in [3.05, 3.63) is 75.6 Å². The summed E-state index contributed by atoms with van der Waals surface area (Å²) in [5, 5.41) is 13.9. The number of carboxylic acids is 1. The van der Waals surface area contributed by atoms with Crippen molar-refractivity contribution in [1.82, 2.24) is 15.4 Å². The standard InChI is InChI=1S/C25H25ClN4O5S/c1-4-34-21-11-18(12-27-30-22(31)14-36-25-28-15(2)9-16(3)29-25)10-20(26)23(21)35-13-17-5-7-19(8-6-17)24(32)33/h5-12H,4,13-14H2,1-3H3,(H,30,31)(H,32,33)/b27-12-. The Labute approximate surface area is 217 Å². The molecule has 0 unspecified atom stereocenters. The molecule has 2 N–H and O–H groups in total. The number of amides is 1. The van der Waals surface area contributed by atoms with Gasteiger partial charge in [0.2, 0.25) is 0 Å². The molecule has 0 fully saturated rings. The molecule has 36 heavy (non-hydrogen) atoms. The monoisotopic (exact) mass is 528 g/mol. The lowest BCUT2D eigenvalue weighted by Gasteiger charge is -2.14. The quantitative estimate of drug-likeness (QED) is 0.159. The molecule has 2 aromatic carbocycles. The van der Waals surface area contributed by atoms with E-state index < -0.39 is 5.97 Å². The number of thioether (sulfide) groups is 1. The molecule has 0 spiro atoms. The zero-order valence-electron chi connectivity index (χ0n) is 19.9. The van der Waals surface area contributed by atoms with Gasteiger partial charge in [0.05, 0.1) is 29.2 Å². The number of rotatable bonds is 11. The van der Waals surface area contributed by atoms with Crippen LogP contribution in [0.2, 0.25) is 5.02 Å². The number of aromatic nitrogens is 2. The van der Waals surface area contributed by atoms with E-state index >= 15 is 0 Å². The zero-order valence-corrected chi connectivity index (χ0v) is 21.5. The summed E-state index contributed by atoms with van der Waals surface area (Å²) in [6, 6.07) is 11.6. The van der Waals surface area contributed by atoms with Gasteiger partial charge in [-0.05, 0) is 62.2 Å². The Morgan fingerprint density at radius 1 is 1.11 bits per heavy atom. The predicted molar refractivity (Wildman–Crippen MR) is 138 cm³/mol. The van der Waals surface area contributed by atoms with E-state index in [4.69, 9.17) is 26.2 Å². The van der Waals surface area contributed by atoms with Gasteiger partial charge in [-0.3, -0.25) is 4.79 Å². The van der Waals surface area contributed by atoms with Crippen molar-refractivity contribution >= 4 is 41.5 Å². The van der Waals surface area contributed by atoms with Crippen molar-refractivity contribution in [2.24, 2.45) is 5.10 Å². The molecule has 0 bridgehead atoms. The number of carboxylic acid groups (broad SMARTS) is 1. The fourth-order valence-corrected chi connectivity index (χ4v) is 4.08. The summed E-state index contributed by atoms with van der Waals surface area (Å²) >= 11 is 7.67. The lowest BCUT2D eigenvalue weighted by atomic mass is 10.1. The third-order valence-electron chi connectivity index (χ3n) is 4.61. The second-order valence-electron chi connectivity index (χ2n) is 7.57. The first-order chi connectivity index (χ1) is 17.2. The fraction of sp³-hybridized carbons (Fsp3) is 0.240. The van der Waals surface area contributed by atoms with Crippen LogP contribution in [-0.4, -0.2) is 45.5 Å². The molecule has 1 aromatic heterocycles. The Bertz CT molecular complexity index is 1250. The van der Waals surface area contributed by atoms with Crippen molar-refractivity contribution in [1.29, 1.82) is 0 Å². The lowest BCUT2D eigenvalue weighted by Crippen LogP contribution is -2.19. The molecule has 1 heterocycles. The van der Waals surface area contributed by atoms with Crippen LogP contribution < -0.4 is 14.9 Å². The molecule has 0 atom stereocenters. The van der Waals surface area contributed by atoms with E-state index in [0.29, 0.717) is 33.8 Å². The van der Waals surface area contributed by atoms with E-state index in [1.54, 1.807) is 24.3 Å². The van der Waals surface area contributed by atoms with E-state index in [9.17, 15) is 9.59 Å². The van der Waals surface area contributed by atoms with Gasteiger partial charge in [0.25, 0.3) is 5.91 Å². The molecule has 1 amide bonds. The van der Waals surface area contributed by atoms with Gasteiger partial charge in [-0.25, -0.2) is 20.2 Å². The van der Waals surface area contributed by atoms with Crippen LogP contribution in [-0.2, 0) is 11.4 Å². The van der Waals surface area contributed by atoms with E-state index in [-0.39, 0.29) is 23.8 Å². The summed E-state index contributed by atoms with van der Waals surface area (Å²) in [6.45, 7) is 6.14. The molecule has 0 aliphatic rings. The van der Waals surface area contributed by atoms with Gasteiger partial charge in [0, 0.05) is 11.4 Å². The van der Waals surface area contributed by atoms with E-state index in [1.807, 2.05) is 26.8 Å². The molecule has 0 aliphatic carbocycles. The van der Waals surface area contributed by atoms with Crippen LogP contribution in [0.1, 0.15) is 39.8 Å². The Balaban J connectivity index is 1.61.